The van der Waals surface area contributed by atoms with Crippen LogP contribution in [0.1, 0.15) is 63.5 Å². The molecule has 3 amide bonds. The van der Waals surface area contributed by atoms with Crippen LogP contribution >= 0.6 is 0 Å². The van der Waals surface area contributed by atoms with Gasteiger partial charge in [-0.1, -0.05) is 25.0 Å². The van der Waals surface area contributed by atoms with Crippen molar-refractivity contribution >= 4 is 17.7 Å². The summed E-state index contributed by atoms with van der Waals surface area (Å²) in [5.41, 5.74) is 1.11. The fourth-order valence-corrected chi connectivity index (χ4v) is 5.17. The number of carbonyl (C=O) groups is 3. The van der Waals surface area contributed by atoms with E-state index in [-0.39, 0.29) is 48.6 Å². The number of imide groups is 1. The highest BCUT2D eigenvalue weighted by molar-refractivity contribution is 6.05. The monoisotopic (exact) mass is 398 g/mol. The molecule has 1 aromatic carbocycles. The molecule has 29 heavy (non-hydrogen) atoms. The molecule has 0 radical (unpaired) electrons. The lowest BCUT2D eigenvalue weighted by Crippen LogP contribution is -2.37. The van der Waals surface area contributed by atoms with Crippen LogP contribution in [0.4, 0.5) is 0 Å². The zero-order chi connectivity index (χ0) is 20.4. The van der Waals surface area contributed by atoms with Gasteiger partial charge >= 0.3 is 0 Å². The normalized spacial score (nSPS) is 26.7. The first kappa shape index (κ1) is 19.9. The predicted molar refractivity (Wildman–Crippen MR) is 108 cm³/mol. The first-order valence-electron chi connectivity index (χ1n) is 11.0. The standard InChI is InChI=1S/C23H30N2O4/c1-2-29-17-11-9-16(10-12-17)20-8-5-14-24(20)21(26)13-15-25-22(27)18-6-3-4-7-19(18)23(25)28/h9-12,18-20H,2-8,13-15H2,1H3/t18-,19-,20-/m0/s1. The molecule has 3 atom stereocenters. The van der Waals surface area contributed by atoms with Gasteiger partial charge in [0.25, 0.3) is 0 Å². The zero-order valence-electron chi connectivity index (χ0n) is 17.1. The number of hydrogen-bond donors (Lipinski definition) is 0. The van der Waals surface area contributed by atoms with Crippen molar-refractivity contribution in [3.8, 4) is 5.75 Å². The van der Waals surface area contributed by atoms with Gasteiger partial charge < -0.3 is 9.64 Å². The molecule has 1 aromatic rings. The molecule has 1 saturated carbocycles. The summed E-state index contributed by atoms with van der Waals surface area (Å²) in [6.45, 7) is 3.53. The van der Waals surface area contributed by atoms with E-state index in [1.807, 2.05) is 36.1 Å². The third-order valence-corrected chi connectivity index (χ3v) is 6.63. The maximum atomic E-state index is 12.9. The molecule has 2 heterocycles. The molecular formula is C23H30N2O4. The van der Waals surface area contributed by atoms with Gasteiger partial charge in [-0.2, -0.15) is 0 Å². The smallest absolute Gasteiger partial charge is 0.233 e. The summed E-state index contributed by atoms with van der Waals surface area (Å²) in [5, 5.41) is 0. The molecule has 6 nitrogen and oxygen atoms in total. The number of rotatable bonds is 6. The van der Waals surface area contributed by atoms with Gasteiger partial charge in [-0.15, -0.1) is 0 Å². The van der Waals surface area contributed by atoms with Gasteiger partial charge in [0.2, 0.25) is 17.7 Å². The minimum Gasteiger partial charge on any atom is -0.494 e. The van der Waals surface area contributed by atoms with Gasteiger partial charge in [-0.3, -0.25) is 19.3 Å². The van der Waals surface area contributed by atoms with Crippen molar-refractivity contribution in [2.75, 3.05) is 19.7 Å². The average molecular weight is 399 g/mol. The van der Waals surface area contributed by atoms with Crippen molar-refractivity contribution < 1.29 is 19.1 Å². The predicted octanol–water partition coefficient (Wildman–Crippen LogP) is 3.31. The lowest BCUT2D eigenvalue weighted by Gasteiger charge is -2.26. The van der Waals surface area contributed by atoms with E-state index in [0.717, 1.165) is 56.4 Å². The molecule has 156 valence electrons. The molecular weight excluding hydrogens is 368 g/mol. The van der Waals surface area contributed by atoms with Crippen molar-refractivity contribution in [2.45, 2.75) is 57.9 Å². The van der Waals surface area contributed by atoms with E-state index in [9.17, 15) is 14.4 Å². The van der Waals surface area contributed by atoms with Crippen LogP contribution in [0.2, 0.25) is 0 Å². The second-order valence-corrected chi connectivity index (χ2v) is 8.32. The summed E-state index contributed by atoms with van der Waals surface area (Å²) in [6, 6.07) is 8.01. The van der Waals surface area contributed by atoms with E-state index in [0.29, 0.717) is 6.61 Å². The number of fused-ring (bicyclic) bond motifs is 1. The topological polar surface area (TPSA) is 66.9 Å². The van der Waals surface area contributed by atoms with E-state index in [4.69, 9.17) is 4.74 Å². The van der Waals surface area contributed by atoms with Gasteiger partial charge in [-0.25, -0.2) is 0 Å². The van der Waals surface area contributed by atoms with Crippen LogP contribution in [0.5, 0.6) is 5.75 Å². The Balaban J connectivity index is 1.37. The van der Waals surface area contributed by atoms with Crippen LogP contribution < -0.4 is 4.74 Å². The Hall–Kier alpha value is -2.37. The number of amides is 3. The summed E-state index contributed by atoms with van der Waals surface area (Å²) in [7, 11) is 0. The molecule has 0 N–H and O–H groups in total. The van der Waals surface area contributed by atoms with E-state index in [1.54, 1.807) is 0 Å². The summed E-state index contributed by atoms with van der Waals surface area (Å²) in [5.74, 6) is 0.454. The highest BCUT2D eigenvalue weighted by Gasteiger charge is 2.48. The quantitative estimate of drug-likeness (QED) is 0.690. The second-order valence-electron chi connectivity index (χ2n) is 8.32. The number of ether oxygens (including phenoxy) is 1. The Bertz CT molecular complexity index is 752. The SMILES string of the molecule is CCOc1ccc([C@@H]2CCCN2C(=O)CCN2C(=O)[C@H]3CCCC[C@@H]3C2=O)cc1. The van der Waals surface area contributed by atoms with Crippen LogP contribution in [-0.2, 0) is 14.4 Å². The van der Waals surface area contributed by atoms with Crippen LogP contribution in [0.3, 0.4) is 0 Å². The number of hydrogen-bond acceptors (Lipinski definition) is 4. The number of carbonyl (C=O) groups excluding carboxylic acids is 3. The Kier molecular flexibility index (Phi) is 5.88. The van der Waals surface area contributed by atoms with Gasteiger partial charge in [0.05, 0.1) is 24.5 Å². The molecule has 1 aliphatic carbocycles. The highest BCUT2D eigenvalue weighted by Crippen LogP contribution is 2.38. The van der Waals surface area contributed by atoms with Gasteiger partial charge in [0.15, 0.2) is 0 Å². The molecule has 6 heteroatoms. The minimum absolute atomic E-state index is 0.0249. The summed E-state index contributed by atoms with van der Waals surface area (Å²) < 4.78 is 5.50. The van der Waals surface area contributed by atoms with E-state index in [2.05, 4.69) is 0 Å². The molecule has 3 fully saturated rings. The fraction of sp³-hybridized carbons (Fsp3) is 0.609. The number of nitrogens with zero attached hydrogens (tertiary/aromatic N) is 2. The van der Waals surface area contributed by atoms with Gasteiger partial charge in [-0.05, 0) is 50.3 Å². The van der Waals surface area contributed by atoms with Crippen molar-refractivity contribution in [2.24, 2.45) is 11.8 Å². The third kappa shape index (κ3) is 3.89. The fourth-order valence-electron chi connectivity index (χ4n) is 5.17. The van der Waals surface area contributed by atoms with Crippen molar-refractivity contribution in [3.63, 3.8) is 0 Å². The van der Waals surface area contributed by atoms with E-state index in [1.165, 1.54) is 4.90 Å². The molecule has 2 saturated heterocycles. The Morgan fingerprint density at radius 3 is 2.28 bits per heavy atom. The molecule has 0 spiro atoms. The minimum atomic E-state index is -0.144. The van der Waals surface area contributed by atoms with Crippen molar-refractivity contribution in [1.29, 1.82) is 0 Å². The van der Waals surface area contributed by atoms with Crippen molar-refractivity contribution in [1.82, 2.24) is 9.80 Å². The molecule has 0 aromatic heterocycles. The summed E-state index contributed by atoms with van der Waals surface area (Å²) in [4.78, 5) is 41.5. The molecule has 0 bridgehead atoms. The zero-order valence-corrected chi connectivity index (χ0v) is 17.1. The van der Waals surface area contributed by atoms with Crippen LogP contribution in [0, 0.1) is 11.8 Å². The lowest BCUT2D eigenvalue weighted by molar-refractivity contribution is -0.141. The third-order valence-electron chi connectivity index (χ3n) is 6.63. The maximum absolute atomic E-state index is 12.9. The lowest BCUT2D eigenvalue weighted by atomic mass is 9.81. The highest BCUT2D eigenvalue weighted by atomic mass is 16.5. The molecule has 2 aliphatic heterocycles. The Morgan fingerprint density at radius 1 is 1.00 bits per heavy atom. The largest absolute Gasteiger partial charge is 0.494 e. The number of likely N-dealkylation sites (tertiary alicyclic amines) is 2. The Morgan fingerprint density at radius 2 is 1.66 bits per heavy atom. The molecule has 4 rings (SSSR count). The second kappa shape index (κ2) is 8.56. The van der Waals surface area contributed by atoms with Crippen LogP contribution in [-0.4, -0.2) is 47.2 Å². The maximum Gasteiger partial charge on any atom is 0.233 e. The first-order valence-corrected chi connectivity index (χ1v) is 11.0. The average Bonchev–Trinajstić information content (AvgIpc) is 3.32. The molecule has 3 aliphatic rings. The van der Waals surface area contributed by atoms with Gasteiger partial charge in [0, 0.05) is 19.5 Å². The van der Waals surface area contributed by atoms with Crippen LogP contribution in [0.15, 0.2) is 24.3 Å². The van der Waals surface area contributed by atoms with Crippen molar-refractivity contribution in [3.05, 3.63) is 29.8 Å². The summed E-state index contributed by atoms with van der Waals surface area (Å²) in [6.07, 6.45) is 5.78. The Labute approximate surface area is 172 Å². The van der Waals surface area contributed by atoms with Gasteiger partial charge in [0.1, 0.15) is 5.75 Å². The number of benzene rings is 1. The van der Waals surface area contributed by atoms with E-state index < -0.39 is 0 Å². The summed E-state index contributed by atoms with van der Waals surface area (Å²) >= 11 is 0. The van der Waals surface area contributed by atoms with E-state index >= 15 is 0 Å². The molecule has 0 unspecified atom stereocenters. The van der Waals surface area contributed by atoms with Crippen LogP contribution in [0.25, 0.3) is 0 Å². The first-order chi connectivity index (χ1) is 14.1.